The lowest BCUT2D eigenvalue weighted by molar-refractivity contribution is 0.0899. The summed E-state index contributed by atoms with van der Waals surface area (Å²) in [5.74, 6) is 0.708. The second kappa shape index (κ2) is 7.29. The third-order valence-corrected chi connectivity index (χ3v) is 3.23. The second-order valence-electron chi connectivity index (χ2n) is 5.93. The standard InChI is InChI=1S/C16H26N2O2/c1-5-20-13-8-6-12(7-9-13)15(19)18-14(10-11-17)16(2,3)4/h6-9,14H,5,10-11,17H2,1-4H3,(H,18,19). The van der Waals surface area contributed by atoms with E-state index in [2.05, 4.69) is 26.1 Å². The maximum atomic E-state index is 12.3. The van der Waals surface area contributed by atoms with Crippen LogP contribution in [0.5, 0.6) is 5.75 Å². The van der Waals surface area contributed by atoms with Crippen LogP contribution in [-0.2, 0) is 0 Å². The summed E-state index contributed by atoms with van der Waals surface area (Å²) in [6, 6.07) is 7.25. The quantitative estimate of drug-likeness (QED) is 0.840. The fourth-order valence-electron chi connectivity index (χ4n) is 2.00. The lowest BCUT2D eigenvalue weighted by Crippen LogP contribution is -2.44. The summed E-state index contributed by atoms with van der Waals surface area (Å²) in [6.07, 6.45) is 0.770. The van der Waals surface area contributed by atoms with Crippen molar-refractivity contribution in [1.82, 2.24) is 5.32 Å². The predicted molar refractivity (Wildman–Crippen MR) is 82.0 cm³/mol. The van der Waals surface area contributed by atoms with E-state index in [-0.39, 0.29) is 17.4 Å². The van der Waals surface area contributed by atoms with Gasteiger partial charge in [-0.1, -0.05) is 20.8 Å². The molecule has 1 amide bonds. The Bertz CT molecular complexity index is 421. The van der Waals surface area contributed by atoms with Crippen LogP contribution in [0.3, 0.4) is 0 Å². The molecule has 1 aromatic rings. The van der Waals surface area contributed by atoms with Gasteiger partial charge in [-0.25, -0.2) is 0 Å². The Morgan fingerprint density at radius 3 is 2.35 bits per heavy atom. The van der Waals surface area contributed by atoms with E-state index in [1.54, 1.807) is 12.1 Å². The lowest BCUT2D eigenvalue weighted by Gasteiger charge is -2.31. The Morgan fingerprint density at radius 1 is 1.30 bits per heavy atom. The summed E-state index contributed by atoms with van der Waals surface area (Å²) in [4.78, 5) is 12.3. The maximum Gasteiger partial charge on any atom is 0.251 e. The molecule has 0 heterocycles. The summed E-state index contributed by atoms with van der Waals surface area (Å²) in [5.41, 5.74) is 6.25. The van der Waals surface area contributed by atoms with Crippen molar-refractivity contribution in [2.75, 3.05) is 13.2 Å². The molecule has 0 saturated heterocycles. The van der Waals surface area contributed by atoms with Crippen LogP contribution in [-0.4, -0.2) is 25.1 Å². The van der Waals surface area contributed by atoms with Gasteiger partial charge in [-0.05, 0) is 49.6 Å². The number of nitrogens with two attached hydrogens (primary N) is 1. The number of ether oxygens (including phenoxy) is 1. The Hall–Kier alpha value is -1.55. The number of carbonyl (C=O) groups is 1. The Kier molecular flexibility index (Phi) is 6.02. The van der Waals surface area contributed by atoms with Crippen LogP contribution >= 0.6 is 0 Å². The molecule has 0 aliphatic rings. The van der Waals surface area contributed by atoms with Gasteiger partial charge in [0.05, 0.1) is 6.61 Å². The molecule has 0 saturated carbocycles. The first-order valence-corrected chi connectivity index (χ1v) is 7.12. The third-order valence-electron chi connectivity index (χ3n) is 3.23. The average molecular weight is 278 g/mol. The van der Waals surface area contributed by atoms with Gasteiger partial charge in [0.1, 0.15) is 5.75 Å². The van der Waals surface area contributed by atoms with Crippen LogP contribution in [0.2, 0.25) is 0 Å². The van der Waals surface area contributed by atoms with Crippen LogP contribution in [0.15, 0.2) is 24.3 Å². The summed E-state index contributed by atoms with van der Waals surface area (Å²) in [7, 11) is 0. The summed E-state index contributed by atoms with van der Waals surface area (Å²) >= 11 is 0. The minimum Gasteiger partial charge on any atom is -0.494 e. The van der Waals surface area contributed by atoms with Gasteiger partial charge < -0.3 is 15.8 Å². The number of rotatable bonds is 6. The topological polar surface area (TPSA) is 64.3 Å². The molecule has 0 radical (unpaired) electrons. The largest absolute Gasteiger partial charge is 0.494 e. The average Bonchev–Trinajstić information content (AvgIpc) is 2.38. The van der Waals surface area contributed by atoms with E-state index >= 15 is 0 Å². The number of benzene rings is 1. The maximum absolute atomic E-state index is 12.3. The summed E-state index contributed by atoms with van der Waals surface area (Å²) < 4.78 is 5.37. The number of nitrogens with one attached hydrogen (secondary N) is 1. The fourth-order valence-corrected chi connectivity index (χ4v) is 2.00. The summed E-state index contributed by atoms with van der Waals surface area (Å²) in [5, 5.41) is 3.07. The molecule has 20 heavy (non-hydrogen) atoms. The molecule has 1 unspecified atom stereocenters. The highest BCUT2D eigenvalue weighted by atomic mass is 16.5. The molecular weight excluding hydrogens is 252 g/mol. The molecule has 112 valence electrons. The van der Waals surface area contributed by atoms with E-state index in [9.17, 15) is 4.79 Å². The number of carbonyl (C=O) groups excluding carboxylic acids is 1. The molecule has 0 aromatic heterocycles. The third kappa shape index (κ3) is 4.85. The van der Waals surface area contributed by atoms with Gasteiger partial charge in [0, 0.05) is 11.6 Å². The van der Waals surface area contributed by atoms with Crippen molar-refractivity contribution < 1.29 is 9.53 Å². The molecule has 0 bridgehead atoms. The first-order chi connectivity index (χ1) is 9.38. The van der Waals surface area contributed by atoms with Crippen molar-refractivity contribution in [1.29, 1.82) is 0 Å². The predicted octanol–water partition coefficient (Wildman–Crippen LogP) is 2.58. The van der Waals surface area contributed by atoms with Crippen LogP contribution in [0.4, 0.5) is 0 Å². The minimum atomic E-state index is -0.0681. The molecule has 4 nitrogen and oxygen atoms in total. The zero-order valence-electron chi connectivity index (χ0n) is 12.9. The Labute approximate surface area is 121 Å². The molecule has 1 aromatic carbocycles. The highest BCUT2D eigenvalue weighted by Gasteiger charge is 2.25. The van der Waals surface area contributed by atoms with Gasteiger partial charge in [-0.3, -0.25) is 4.79 Å². The van der Waals surface area contributed by atoms with E-state index in [0.717, 1.165) is 12.2 Å². The molecule has 4 heteroatoms. The first kappa shape index (κ1) is 16.5. The van der Waals surface area contributed by atoms with Gasteiger partial charge >= 0.3 is 0 Å². The number of hydrogen-bond donors (Lipinski definition) is 2. The second-order valence-corrected chi connectivity index (χ2v) is 5.93. The van der Waals surface area contributed by atoms with Gasteiger partial charge in [-0.2, -0.15) is 0 Å². The molecule has 3 N–H and O–H groups in total. The van der Waals surface area contributed by atoms with E-state index in [4.69, 9.17) is 10.5 Å². The minimum absolute atomic E-state index is 0.0136. The van der Waals surface area contributed by atoms with Crippen molar-refractivity contribution >= 4 is 5.91 Å². The van der Waals surface area contributed by atoms with Gasteiger partial charge in [0.2, 0.25) is 0 Å². The van der Waals surface area contributed by atoms with Crippen LogP contribution in [0.1, 0.15) is 44.5 Å². The molecule has 1 rings (SSSR count). The number of hydrogen-bond acceptors (Lipinski definition) is 3. The number of amides is 1. The monoisotopic (exact) mass is 278 g/mol. The van der Waals surface area contributed by atoms with Crippen molar-refractivity contribution in [3.63, 3.8) is 0 Å². The van der Waals surface area contributed by atoms with Crippen LogP contribution in [0.25, 0.3) is 0 Å². The van der Waals surface area contributed by atoms with Crippen molar-refractivity contribution in [2.24, 2.45) is 11.1 Å². The van der Waals surface area contributed by atoms with E-state index in [1.807, 2.05) is 19.1 Å². The van der Waals surface area contributed by atoms with Crippen molar-refractivity contribution in [3.8, 4) is 5.75 Å². The zero-order valence-corrected chi connectivity index (χ0v) is 12.9. The SMILES string of the molecule is CCOc1ccc(C(=O)NC(CCN)C(C)(C)C)cc1. The molecule has 1 atom stereocenters. The van der Waals surface area contributed by atoms with Crippen LogP contribution < -0.4 is 15.8 Å². The highest BCUT2D eigenvalue weighted by Crippen LogP contribution is 2.22. The zero-order chi connectivity index (χ0) is 15.2. The van der Waals surface area contributed by atoms with E-state index in [1.165, 1.54) is 0 Å². The van der Waals surface area contributed by atoms with Crippen LogP contribution in [0, 0.1) is 5.41 Å². The van der Waals surface area contributed by atoms with Crippen molar-refractivity contribution in [2.45, 2.75) is 40.2 Å². The smallest absolute Gasteiger partial charge is 0.251 e. The Balaban J connectivity index is 2.73. The molecule has 0 fully saturated rings. The van der Waals surface area contributed by atoms with Gasteiger partial charge in [-0.15, -0.1) is 0 Å². The fraction of sp³-hybridized carbons (Fsp3) is 0.562. The van der Waals surface area contributed by atoms with Gasteiger partial charge in [0.15, 0.2) is 0 Å². The highest BCUT2D eigenvalue weighted by molar-refractivity contribution is 5.94. The first-order valence-electron chi connectivity index (χ1n) is 7.12. The molecule has 0 aliphatic heterocycles. The van der Waals surface area contributed by atoms with Crippen molar-refractivity contribution in [3.05, 3.63) is 29.8 Å². The molecule has 0 aliphatic carbocycles. The normalized spacial score (nSPS) is 12.8. The lowest BCUT2D eigenvalue weighted by atomic mass is 9.84. The van der Waals surface area contributed by atoms with E-state index < -0.39 is 0 Å². The van der Waals surface area contributed by atoms with E-state index in [0.29, 0.717) is 18.7 Å². The Morgan fingerprint density at radius 2 is 1.90 bits per heavy atom. The molecule has 0 spiro atoms. The summed E-state index contributed by atoms with van der Waals surface area (Å²) in [6.45, 7) is 9.42. The van der Waals surface area contributed by atoms with Gasteiger partial charge in [0.25, 0.3) is 5.91 Å². The molecular formula is C16H26N2O2.